The van der Waals surface area contributed by atoms with Gasteiger partial charge in [-0.2, -0.15) is 0 Å². The van der Waals surface area contributed by atoms with Gasteiger partial charge in [-0.3, -0.25) is 14.9 Å². The average molecular weight is 481 g/mol. The van der Waals surface area contributed by atoms with Crippen molar-refractivity contribution in [3.63, 3.8) is 0 Å². The number of unbranched alkanes of at least 4 members (excludes halogenated alkanes) is 2. The largest absolute Gasteiger partial charge is 0.490 e. The number of ether oxygens (including phenoxy) is 1. The summed E-state index contributed by atoms with van der Waals surface area (Å²) < 4.78 is 48.3. The molecule has 33 heavy (non-hydrogen) atoms. The topological polar surface area (TPSA) is 102 Å². The van der Waals surface area contributed by atoms with Gasteiger partial charge in [0.1, 0.15) is 0 Å². The van der Waals surface area contributed by atoms with Gasteiger partial charge in [0.05, 0.1) is 17.9 Å². The van der Waals surface area contributed by atoms with E-state index in [-0.39, 0.29) is 35.7 Å². The fourth-order valence-corrected chi connectivity index (χ4v) is 6.52. The molecular weight excluding hydrogens is 447 g/mol. The van der Waals surface area contributed by atoms with Crippen LogP contribution in [-0.2, 0) is 25.2 Å². The van der Waals surface area contributed by atoms with E-state index < -0.39 is 21.4 Å². The summed E-state index contributed by atoms with van der Waals surface area (Å²) in [6.45, 7) is 0.496. The van der Waals surface area contributed by atoms with Gasteiger partial charge in [0, 0.05) is 12.3 Å². The molecule has 1 aromatic rings. The van der Waals surface area contributed by atoms with Gasteiger partial charge in [0.2, 0.25) is 21.8 Å². The van der Waals surface area contributed by atoms with Crippen LogP contribution in [0.15, 0.2) is 18.2 Å². The van der Waals surface area contributed by atoms with Gasteiger partial charge in [0.25, 0.3) is 0 Å². The third kappa shape index (κ3) is 6.32. The summed E-state index contributed by atoms with van der Waals surface area (Å²) in [5, 5.41) is 2.29. The summed E-state index contributed by atoms with van der Waals surface area (Å²) in [5.74, 6) is -0.519. The van der Waals surface area contributed by atoms with Crippen molar-refractivity contribution in [1.29, 1.82) is 0 Å². The average Bonchev–Trinajstić information content (AvgIpc) is 3.18. The summed E-state index contributed by atoms with van der Waals surface area (Å²) in [5.41, 5.74) is 0.0612. The Hall–Kier alpha value is -2.00. The Labute approximate surface area is 194 Å². The Balaban J connectivity index is 1.26. The van der Waals surface area contributed by atoms with Gasteiger partial charge >= 0.3 is 0 Å². The van der Waals surface area contributed by atoms with Gasteiger partial charge in [-0.25, -0.2) is 17.5 Å². The van der Waals surface area contributed by atoms with E-state index in [0.717, 1.165) is 18.4 Å². The molecule has 0 spiro atoms. The van der Waals surface area contributed by atoms with Crippen molar-refractivity contribution in [2.24, 2.45) is 11.8 Å². The highest BCUT2D eigenvalue weighted by Crippen LogP contribution is 2.47. The predicted octanol–water partition coefficient (Wildman–Crippen LogP) is 3.53. The molecule has 3 aliphatic rings. The van der Waals surface area contributed by atoms with Gasteiger partial charge < -0.3 is 4.74 Å². The molecule has 2 aliphatic carbocycles. The molecule has 1 aliphatic heterocycles. The van der Waals surface area contributed by atoms with E-state index in [1.807, 2.05) is 0 Å². The molecule has 2 saturated carbocycles. The highest BCUT2D eigenvalue weighted by molar-refractivity contribution is 7.89. The second kappa shape index (κ2) is 10.1. The lowest BCUT2D eigenvalue weighted by Gasteiger charge is -2.20. The van der Waals surface area contributed by atoms with Crippen LogP contribution >= 0.6 is 0 Å². The lowest BCUT2D eigenvalue weighted by Crippen LogP contribution is -2.36. The first-order valence-corrected chi connectivity index (χ1v) is 13.7. The molecule has 0 aromatic heterocycles. The van der Waals surface area contributed by atoms with E-state index in [2.05, 4.69) is 10.0 Å². The first-order chi connectivity index (χ1) is 15.8. The summed E-state index contributed by atoms with van der Waals surface area (Å²) in [4.78, 5) is 22.8. The van der Waals surface area contributed by atoms with Crippen molar-refractivity contribution in [2.45, 2.75) is 76.2 Å². The fraction of sp³-hybridized carbons (Fsp3) is 0.667. The number of hydrogen-bond acceptors (Lipinski definition) is 5. The molecule has 1 unspecified atom stereocenters. The van der Waals surface area contributed by atoms with Crippen molar-refractivity contribution in [3.8, 4) is 5.75 Å². The molecule has 0 radical (unpaired) electrons. The van der Waals surface area contributed by atoms with Crippen LogP contribution < -0.4 is 14.8 Å². The maximum Gasteiger partial charge on any atom is 0.230 e. The van der Waals surface area contributed by atoms with Crippen molar-refractivity contribution in [2.75, 3.05) is 12.4 Å². The predicted molar refractivity (Wildman–Crippen MR) is 121 cm³/mol. The maximum absolute atomic E-state index is 14.3. The van der Waals surface area contributed by atoms with E-state index >= 15 is 0 Å². The molecular formula is C24H33FN2O5S. The number of hydrogen-bond donors (Lipinski definition) is 2. The van der Waals surface area contributed by atoms with Gasteiger partial charge in [-0.05, 0) is 62.1 Å². The normalized spacial score (nSPS) is 22.5. The lowest BCUT2D eigenvalue weighted by molar-refractivity contribution is -0.125. The van der Waals surface area contributed by atoms with Crippen LogP contribution in [0.5, 0.6) is 5.75 Å². The van der Waals surface area contributed by atoms with Gasteiger partial charge in [-0.1, -0.05) is 31.7 Å². The van der Waals surface area contributed by atoms with Crippen LogP contribution in [0.1, 0.15) is 76.2 Å². The molecule has 3 fully saturated rings. The lowest BCUT2D eigenvalue weighted by atomic mass is 10.00. The van der Waals surface area contributed by atoms with Crippen LogP contribution in [0.4, 0.5) is 4.39 Å². The first kappa shape index (κ1) is 24.1. The van der Waals surface area contributed by atoms with E-state index in [1.165, 1.54) is 18.9 Å². The number of amides is 2. The Morgan fingerprint density at radius 1 is 1.12 bits per heavy atom. The zero-order chi connectivity index (χ0) is 23.5. The molecule has 2 N–H and O–H groups in total. The number of rotatable bonds is 12. The fourth-order valence-electron chi connectivity index (χ4n) is 4.92. The third-order valence-corrected chi connectivity index (χ3v) is 8.59. The number of carbonyl (C=O) groups excluding carboxylic acids is 2. The second-order valence-electron chi connectivity index (χ2n) is 9.77. The second-order valence-corrected chi connectivity index (χ2v) is 11.6. The Kier molecular flexibility index (Phi) is 7.38. The molecule has 7 nitrogen and oxygen atoms in total. The first-order valence-electron chi connectivity index (χ1n) is 12.0. The monoisotopic (exact) mass is 480 g/mol. The third-order valence-electron chi connectivity index (χ3n) is 7.06. The van der Waals surface area contributed by atoms with Crippen molar-refractivity contribution < 1.29 is 27.1 Å². The minimum Gasteiger partial charge on any atom is -0.490 e. The zero-order valence-electron chi connectivity index (χ0n) is 18.9. The molecule has 0 bridgehead atoms. The zero-order valence-corrected chi connectivity index (χ0v) is 19.7. The molecule has 4 rings (SSSR count). The molecule has 1 saturated heterocycles. The van der Waals surface area contributed by atoms with E-state index in [1.54, 1.807) is 12.1 Å². The summed E-state index contributed by atoms with van der Waals surface area (Å²) in [7, 11) is -3.51. The van der Waals surface area contributed by atoms with Crippen LogP contribution in [0.3, 0.4) is 0 Å². The van der Waals surface area contributed by atoms with E-state index in [0.29, 0.717) is 51.0 Å². The summed E-state index contributed by atoms with van der Waals surface area (Å²) in [6.07, 6.45) is 8.61. The Morgan fingerprint density at radius 2 is 1.88 bits per heavy atom. The Bertz CT molecular complexity index is 987. The molecule has 1 heterocycles. The molecule has 182 valence electrons. The maximum atomic E-state index is 14.3. The van der Waals surface area contributed by atoms with Gasteiger partial charge in [-0.15, -0.1) is 0 Å². The standard InChI is InChI=1S/C24H33FN2O5S/c25-20-10-9-19(15-21(20)32-16-17-6-3-4-7-17)24(11-12-24)27-33(30,31)13-5-1-2-8-18-14-22(28)26-23(18)29/h9-10,15,17-18,27H,1-8,11-14,16H2,(H,26,28,29). The Morgan fingerprint density at radius 3 is 2.55 bits per heavy atom. The highest BCUT2D eigenvalue weighted by Gasteiger charge is 2.47. The van der Waals surface area contributed by atoms with E-state index in [9.17, 15) is 22.4 Å². The smallest absolute Gasteiger partial charge is 0.230 e. The van der Waals surface area contributed by atoms with Crippen molar-refractivity contribution in [3.05, 3.63) is 29.6 Å². The van der Waals surface area contributed by atoms with Crippen LogP contribution in [0.2, 0.25) is 0 Å². The summed E-state index contributed by atoms with van der Waals surface area (Å²) >= 11 is 0. The van der Waals surface area contributed by atoms with Crippen LogP contribution in [0.25, 0.3) is 0 Å². The number of halogens is 1. The SMILES string of the molecule is O=C1CC(CCCCCS(=O)(=O)NC2(c3ccc(F)c(OCC4CCCC4)c3)CC2)C(=O)N1. The summed E-state index contributed by atoms with van der Waals surface area (Å²) in [6, 6.07) is 4.65. The molecule has 2 amide bonds. The highest BCUT2D eigenvalue weighted by atomic mass is 32.2. The number of nitrogens with one attached hydrogen (secondary N) is 2. The minimum atomic E-state index is -3.51. The van der Waals surface area contributed by atoms with Crippen LogP contribution in [-0.4, -0.2) is 32.6 Å². The quantitative estimate of drug-likeness (QED) is 0.352. The number of imide groups is 1. The number of sulfonamides is 1. The van der Waals surface area contributed by atoms with Gasteiger partial charge in [0.15, 0.2) is 11.6 Å². The van der Waals surface area contributed by atoms with Crippen LogP contribution in [0, 0.1) is 17.7 Å². The number of carbonyl (C=O) groups is 2. The van der Waals surface area contributed by atoms with Crippen molar-refractivity contribution >= 4 is 21.8 Å². The molecule has 1 aromatic carbocycles. The number of benzene rings is 1. The molecule has 9 heteroatoms. The molecule has 1 atom stereocenters. The van der Waals surface area contributed by atoms with Crippen molar-refractivity contribution in [1.82, 2.24) is 10.0 Å². The minimum absolute atomic E-state index is 0.00320. The van der Waals surface area contributed by atoms with E-state index in [4.69, 9.17) is 4.74 Å².